The Bertz CT molecular complexity index is 552. The predicted octanol–water partition coefficient (Wildman–Crippen LogP) is 2.49. The monoisotopic (exact) mass is 203 g/mol. The molecule has 15 heavy (non-hydrogen) atoms. The van der Waals surface area contributed by atoms with E-state index < -0.39 is 5.97 Å². The zero-order valence-corrected chi connectivity index (χ0v) is 9.03. The number of hydrogen-bond acceptors (Lipinski definition) is 1. The first-order valence-corrected chi connectivity index (χ1v) is 4.82. The molecule has 2 aromatic rings. The molecule has 0 aliphatic carbocycles. The molecule has 0 aliphatic heterocycles. The Morgan fingerprint density at radius 3 is 2.53 bits per heavy atom. The second-order valence-corrected chi connectivity index (χ2v) is 3.81. The van der Waals surface area contributed by atoms with Gasteiger partial charge in [-0.2, -0.15) is 0 Å². The van der Waals surface area contributed by atoms with Gasteiger partial charge in [-0.3, -0.25) is 0 Å². The average molecular weight is 203 g/mol. The lowest BCUT2D eigenvalue weighted by molar-refractivity contribution is 0.0686. The van der Waals surface area contributed by atoms with Crippen molar-refractivity contribution in [3.8, 4) is 0 Å². The van der Waals surface area contributed by atoms with Crippen LogP contribution < -0.4 is 0 Å². The van der Waals surface area contributed by atoms with E-state index in [0.717, 1.165) is 22.0 Å². The van der Waals surface area contributed by atoms with Gasteiger partial charge in [0.15, 0.2) is 0 Å². The van der Waals surface area contributed by atoms with Crippen molar-refractivity contribution in [3.05, 3.63) is 35.0 Å². The number of aryl methyl sites for hydroxylation is 3. The van der Waals surface area contributed by atoms with Gasteiger partial charge in [-0.1, -0.05) is 18.2 Å². The van der Waals surface area contributed by atoms with E-state index in [1.54, 1.807) is 11.6 Å². The second kappa shape index (κ2) is 3.12. The van der Waals surface area contributed by atoms with Crippen LogP contribution in [0.5, 0.6) is 0 Å². The molecule has 2 rings (SSSR count). The van der Waals surface area contributed by atoms with Crippen molar-refractivity contribution >= 4 is 16.9 Å². The van der Waals surface area contributed by atoms with Crippen LogP contribution in [0.25, 0.3) is 10.9 Å². The van der Waals surface area contributed by atoms with Crippen molar-refractivity contribution in [2.45, 2.75) is 13.8 Å². The minimum atomic E-state index is -0.870. The molecule has 0 unspecified atom stereocenters. The first kappa shape index (κ1) is 9.77. The molecule has 1 aromatic heterocycles. The van der Waals surface area contributed by atoms with E-state index in [1.165, 1.54) is 0 Å². The number of hydrogen-bond donors (Lipinski definition) is 1. The van der Waals surface area contributed by atoms with Gasteiger partial charge in [0.1, 0.15) is 5.69 Å². The maximum Gasteiger partial charge on any atom is 0.352 e. The number of carboxylic acids is 1. The third-order valence-corrected chi connectivity index (χ3v) is 2.87. The number of carbonyl (C=O) groups is 1. The molecule has 0 fully saturated rings. The molecule has 1 heterocycles. The zero-order chi connectivity index (χ0) is 11.2. The number of para-hydroxylation sites is 1. The van der Waals surface area contributed by atoms with Crippen LogP contribution in [0.3, 0.4) is 0 Å². The number of aromatic carboxylic acids is 1. The van der Waals surface area contributed by atoms with E-state index in [1.807, 2.05) is 32.0 Å². The lowest BCUT2D eigenvalue weighted by Crippen LogP contribution is -2.05. The van der Waals surface area contributed by atoms with Gasteiger partial charge in [-0.25, -0.2) is 4.79 Å². The fourth-order valence-electron chi connectivity index (χ4n) is 2.20. The van der Waals surface area contributed by atoms with E-state index in [-0.39, 0.29) is 0 Å². The highest BCUT2D eigenvalue weighted by molar-refractivity contribution is 5.98. The fraction of sp³-hybridized carbons (Fsp3) is 0.250. The second-order valence-electron chi connectivity index (χ2n) is 3.81. The Morgan fingerprint density at radius 1 is 1.33 bits per heavy atom. The van der Waals surface area contributed by atoms with Crippen LogP contribution >= 0.6 is 0 Å². The Balaban J connectivity index is 2.98. The molecule has 1 aromatic carbocycles. The Morgan fingerprint density at radius 2 is 2.00 bits per heavy atom. The van der Waals surface area contributed by atoms with Crippen molar-refractivity contribution < 1.29 is 9.90 Å². The molecular weight excluding hydrogens is 190 g/mol. The number of rotatable bonds is 1. The smallest absolute Gasteiger partial charge is 0.352 e. The molecule has 0 bridgehead atoms. The molecule has 1 N–H and O–H groups in total. The highest BCUT2D eigenvalue weighted by atomic mass is 16.4. The van der Waals surface area contributed by atoms with E-state index in [2.05, 4.69) is 0 Å². The van der Waals surface area contributed by atoms with E-state index >= 15 is 0 Å². The van der Waals surface area contributed by atoms with Crippen LogP contribution in [0.15, 0.2) is 18.2 Å². The van der Waals surface area contributed by atoms with Crippen molar-refractivity contribution in [3.63, 3.8) is 0 Å². The number of aromatic nitrogens is 1. The summed E-state index contributed by atoms with van der Waals surface area (Å²) >= 11 is 0. The molecule has 0 aliphatic rings. The number of fused-ring (bicyclic) bond motifs is 1. The molecule has 0 amide bonds. The summed E-state index contributed by atoms with van der Waals surface area (Å²) in [5.41, 5.74) is 3.32. The number of benzene rings is 1. The minimum Gasteiger partial charge on any atom is -0.477 e. The summed E-state index contributed by atoms with van der Waals surface area (Å²) in [4.78, 5) is 11.1. The van der Waals surface area contributed by atoms with Gasteiger partial charge in [0.2, 0.25) is 0 Å². The SMILES string of the molecule is Cc1c(C(=O)O)n(C)c2c(C)cccc12. The summed E-state index contributed by atoms with van der Waals surface area (Å²) in [7, 11) is 1.80. The van der Waals surface area contributed by atoms with Crippen LogP contribution in [0, 0.1) is 13.8 Å². The standard InChI is InChI=1S/C12H13NO2/c1-7-5-4-6-9-8(2)11(12(14)15)13(3)10(7)9/h4-6H,1-3H3,(H,14,15). The van der Waals surface area contributed by atoms with Crippen molar-refractivity contribution in [1.82, 2.24) is 4.57 Å². The van der Waals surface area contributed by atoms with Crippen molar-refractivity contribution in [2.75, 3.05) is 0 Å². The summed E-state index contributed by atoms with van der Waals surface area (Å²) in [6, 6.07) is 5.91. The van der Waals surface area contributed by atoms with Crippen molar-refractivity contribution in [1.29, 1.82) is 0 Å². The van der Waals surface area contributed by atoms with E-state index in [0.29, 0.717) is 5.69 Å². The van der Waals surface area contributed by atoms with Crippen LogP contribution in [0.2, 0.25) is 0 Å². The first-order valence-electron chi connectivity index (χ1n) is 4.82. The number of carboxylic acid groups (broad SMARTS) is 1. The average Bonchev–Trinajstić information content (AvgIpc) is 2.40. The normalized spacial score (nSPS) is 10.9. The van der Waals surface area contributed by atoms with Gasteiger partial charge in [-0.15, -0.1) is 0 Å². The molecule has 3 nitrogen and oxygen atoms in total. The molecule has 0 radical (unpaired) electrons. The Kier molecular flexibility index (Phi) is 2.03. The van der Waals surface area contributed by atoms with Crippen LogP contribution in [0.4, 0.5) is 0 Å². The Hall–Kier alpha value is -1.77. The number of nitrogens with zero attached hydrogens (tertiary/aromatic N) is 1. The molecule has 3 heteroatoms. The van der Waals surface area contributed by atoms with Gasteiger partial charge < -0.3 is 9.67 Å². The van der Waals surface area contributed by atoms with Crippen LogP contribution in [0.1, 0.15) is 21.6 Å². The maximum atomic E-state index is 11.1. The summed E-state index contributed by atoms with van der Waals surface area (Å²) in [5.74, 6) is -0.870. The van der Waals surface area contributed by atoms with Crippen LogP contribution in [-0.2, 0) is 7.05 Å². The Labute approximate surface area is 87.9 Å². The minimum absolute atomic E-state index is 0.374. The summed E-state index contributed by atoms with van der Waals surface area (Å²) < 4.78 is 1.75. The molecule has 78 valence electrons. The maximum absolute atomic E-state index is 11.1. The highest BCUT2D eigenvalue weighted by Gasteiger charge is 2.17. The fourth-order valence-corrected chi connectivity index (χ4v) is 2.20. The molecule has 0 spiro atoms. The largest absolute Gasteiger partial charge is 0.477 e. The van der Waals surface area contributed by atoms with Gasteiger partial charge in [-0.05, 0) is 25.0 Å². The summed E-state index contributed by atoms with van der Waals surface area (Å²) in [6.45, 7) is 3.85. The van der Waals surface area contributed by atoms with Gasteiger partial charge in [0.25, 0.3) is 0 Å². The molecule has 0 atom stereocenters. The summed E-state index contributed by atoms with van der Waals surface area (Å²) in [5, 5.41) is 10.1. The topological polar surface area (TPSA) is 42.2 Å². The third-order valence-electron chi connectivity index (χ3n) is 2.87. The van der Waals surface area contributed by atoms with Crippen molar-refractivity contribution in [2.24, 2.45) is 7.05 Å². The first-order chi connectivity index (χ1) is 7.04. The zero-order valence-electron chi connectivity index (χ0n) is 9.03. The lowest BCUT2D eigenvalue weighted by atomic mass is 10.1. The van der Waals surface area contributed by atoms with Gasteiger partial charge >= 0.3 is 5.97 Å². The quantitative estimate of drug-likeness (QED) is 0.773. The van der Waals surface area contributed by atoms with Crippen LogP contribution in [-0.4, -0.2) is 15.6 Å². The van der Waals surface area contributed by atoms with Gasteiger partial charge in [0.05, 0.1) is 5.52 Å². The summed E-state index contributed by atoms with van der Waals surface area (Å²) in [6.07, 6.45) is 0. The molecular formula is C12H13NO2. The highest BCUT2D eigenvalue weighted by Crippen LogP contribution is 2.26. The predicted molar refractivity (Wildman–Crippen MR) is 59.4 cm³/mol. The lowest BCUT2D eigenvalue weighted by Gasteiger charge is -2.01. The third kappa shape index (κ3) is 1.23. The van der Waals surface area contributed by atoms with E-state index in [9.17, 15) is 4.79 Å². The molecule has 0 saturated carbocycles. The molecule has 0 saturated heterocycles. The van der Waals surface area contributed by atoms with Gasteiger partial charge in [0, 0.05) is 12.4 Å². The van der Waals surface area contributed by atoms with E-state index in [4.69, 9.17) is 5.11 Å².